The van der Waals surface area contributed by atoms with E-state index in [9.17, 15) is 4.79 Å². The molecule has 3 aromatic rings. The SMILES string of the molecule is Cc1cc(OC2CN(C(C)c3nc4c(cnn4C4CCOCC4)c(=O)[nH]3)C2)ccc1Cl. The summed E-state index contributed by atoms with van der Waals surface area (Å²) in [6, 6.07) is 5.90. The fourth-order valence-electron chi connectivity index (χ4n) is 4.26. The molecule has 0 aliphatic carbocycles. The van der Waals surface area contributed by atoms with E-state index in [1.165, 1.54) is 0 Å². The number of halogens is 1. The molecule has 5 rings (SSSR count). The Morgan fingerprint density at radius 3 is 2.81 bits per heavy atom. The lowest BCUT2D eigenvalue weighted by Gasteiger charge is -2.42. The van der Waals surface area contributed by atoms with Crippen molar-refractivity contribution in [1.29, 1.82) is 0 Å². The van der Waals surface area contributed by atoms with E-state index in [0.29, 0.717) is 30.1 Å². The highest BCUT2D eigenvalue weighted by molar-refractivity contribution is 6.31. The number of aromatic amines is 1. The minimum Gasteiger partial charge on any atom is -0.488 e. The van der Waals surface area contributed by atoms with Gasteiger partial charge < -0.3 is 14.5 Å². The molecule has 31 heavy (non-hydrogen) atoms. The van der Waals surface area contributed by atoms with Crippen molar-refractivity contribution in [2.45, 2.75) is 44.9 Å². The van der Waals surface area contributed by atoms with Crippen LogP contribution in [0.3, 0.4) is 0 Å². The lowest BCUT2D eigenvalue weighted by atomic mass is 10.1. The first-order valence-electron chi connectivity index (χ1n) is 10.7. The smallest absolute Gasteiger partial charge is 0.262 e. The molecule has 8 nitrogen and oxygen atoms in total. The van der Waals surface area contributed by atoms with E-state index in [1.807, 2.05) is 29.8 Å². The minimum atomic E-state index is -0.143. The molecule has 2 aliphatic heterocycles. The van der Waals surface area contributed by atoms with E-state index in [2.05, 4.69) is 21.9 Å². The molecule has 2 saturated heterocycles. The van der Waals surface area contributed by atoms with Crippen LogP contribution < -0.4 is 10.3 Å². The molecule has 1 atom stereocenters. The van der Waals surface area contributed by atoms with E-state index < -0.39 is 0 Å². The first-order chi connectivity index (χ1) is 15.0. The van der Waals surface area contributed by atoms with Crippen LogP contribution in [0.2, 0.25) is 5.02 Å². The van der Waals surface area contributed by atoms with E-state index >= 15 is 0 Å². The van der Waals surface area contributed by atoms with Crippen molar-refractivity contribution < 1.29 is 9.47 Å². The maximum atomic E-state index is 12.7. The van der Waals surface area contributed by atoms with Crippen LogP contribution in [0, 0.1) is 6.92 Å². The van der Waals surface area contributed by atoms with Gasteiger partial charge in [-0.1, -0.05) is 11.6 Å². The van der Waals surface area contributed by atoms with E-state index in [0.717, 1.165) is 42.3 Å². The van der Waals surface area contributed by atoms with Gasteiger partial charge in [-0.15, -0.1) is 0 Å². The molecular formula is C22H26ClN5O3. The van der Waals surface area contributed by atoms with Crippen molar-refractivity contribution in [1.82, 2.24) is 24.6 Å². The number of hydrogen-bond donors (Lipinski definition) is 1. The summed E-state index contributed by atoms with van der Waals surface area (Å²) in [6.45, 7) is 6.98. The normalized spacial score (nSPS) is 19.5. The Morgan fingerprint density at radius 2 is 2.06 bits per heavy atom. The minimum absolute atomic E-state index is 0.0260. The Hall–Kier alpha value is -2.42. The van der Waals surface area contributed by atoms with Gasteiger partial charge in [-0.05, 0) is 50.5 Å². The van der Waals surface area contributed by atoms with Crippen molar-refractivity contribution in [2.24, 2.45) is 0 Å². The maximum absolute atomic E-state index is 12.7. The topological polar surface area (TPSA) is 85.3 Å². The largest absolute Gasteiger partial charge is 0.488 e. The summed E-state index contributed by atoms with van der Waals surface area (Å²) >= 11 is 6.09. The number of aromatic nitrogens is 4. The highest BCUT2D eigenvalue weighted by atomic mass is 35.5. The highest BCUT2D eigenvalue weighted by Crippen LogP contribution is 2.29. The third kappa shape index (κ3) is 3.95. The number of nitrogens with zero attached hydrogens (tertiary/aromatic N) is 4. The summed E-state index contributed by atoms with van der Waals surface area (Å²) in [7, 11) is 0. The molecule has 1 aromatic carbocycles. The predicted octanol–water partition coefficient (Wildman–Crippen LogP) is 3.26. The van der Waals surface area contributed by atoms with Crippen molar-refractivity contribution in [3.8, 4) is 5.75 Å². The van der Waals surface area contributed by atoms with Gasteiger partial charge in [-0.2, -0.15) is 5.10 Å². The first-order valence-corrected chi connectivity index (χ1v) is 11.1. The van der Waals surface area contributed by atoms with Gasteiger partial charge in [0.2, 0.25) is 0 Å². The van der Waals surface area contributed by atoms with Crippen molar-refractivity contribution in [3.05, 3.63) is 51.2 Å². The molecule has 0 saturated carbocycles. The third-order valence-corrected chi connectivity index (χ3v) is 6.69. The van der Waals surface area contributed by atoms with Gasteiger partial charge in [0.05, 0.1) is 18.3 Å². The Labute approximate surface area is 185 Å². The Bertz CT molecular complexity index is 1150. The van der Waals surface area contributed by atoms with Crippen LogP contribution in [0.5, 0.6) is 5.75 Å². The number of benzene rings is 1. The molecule has 4 heterocycles. The number of fused-ring (bicyclic) bond motifs is 1. The molecule has 1 N–H and O–H groups in total. The zero-order valence-corrected chi connectivity index (χ0v) is 18.4. The summed E-state index contributed by atoms with van der Waals surface area (Å²) in [4.78, 5) is 22.7. The number of nitrogens with one attached hydrogen (secondary N) is 1. The quantitative estimate of drug-likeness (QED) is 0.651. The fraction of sp³-hybridized carbons (Fsp3) is 0.500. The van der Waals surface area contributed by atoms with Gasteiger partial charge in [0, 0.05) is 31.3 Å². The predicted molar refractivity (Wildman–Crippen MR) is 118 cm³/mol. The van der Waals surface area contributed by atoms with Gasteiger partial charge in [0.25, 0.3) is 5.56 Å². The second-order valence-corrected chi connectivity index (χ2v) is 8.81. The number of aryl methyl sites for hydroxylation is 1. The molecule has 0 radical (unpaired) electrons. The van der Waals surface area contributed by atoms with Crippen LogP contribution in [0.1, 0.15) is 43.2 Å². The summed E-state index contributed by atoms with van der Waals surface area (Å²) < 4.78 is 13.4. The molecule has 2 fully saturated rings. The number of H-pyrrole nitrogens is 1. The average molecular weight is 444 g/mol. The standard InChI is InChI=1S/C22H26ClN5O3/c1-13-9-16(3-4-19(13)23)31-17-11-27(12-17)14(2)20-25-21-18(22(29)26-20)10-24-28(21)15-5-7-30-8-6-15/h3-4,9-10,14-15,17H,5-8,11-12H2,1-2H3,(H,25,26,29). The number of ether oxygens (including phenoxy) is 2. The second kappa shape index (κ2) is 8.26. The molecular weight excluding hydrogens is 418 g/mol. The van der Waals surface area contributed by atoms with Crippen LogP contribution >= 0.6 is 11.6 Å². The van der Waals surface area contributed by atoms with Crippen LogP contribution in [-0.2, 0) is 4.74 Å². The lowest BCUT2D eigenvalue weighted by molar-refractivity contribution is -0.00738. The summed E-state index contributed by atoms with van der Waals surface area (Å²) in [5.74, 6) is 1.49. The van der Waals surface area contributed by atoms with Gasteiger partial charge in [-0.25, -0.2) is 9.67 Å². The van der Waals surface area contributed by atoms with Crippen LogP contribution in [-0.4, -0.2) is 57.1 Å². The van der Waals surface area contributed by atoms with E-state index in [-0.39, 0.29) is 23.7 Å². The van der Waals surface area contributed by atoms with E-state index in [1.54, 1.807) is 6.20 Å². The molecule has 2 aliphatic rings. The Kier molecular flexibility index (Phi) is 5.45. The summed E-state index contributed by atoms with van der Waals surface area (Å²) in [5.41, 5.74) is 1.51. The molecule has 0 bridgehead atoms. The summed E-state index contributed by atoms with van der Waals surface area (Å²) in [5, 5.41) is 5.74. The van der Waals surface area contributed by atoms with E-state index in [4.69, 9.17) is 26.1 Å². The average Bonchev–Trinajstić information content (AvgIpc) is 3.18. The van der Waals surface area contributed by atoms with Crippen LogP contribution in [0.25, 0.3) is 11.0 Å². The van der Waals surface area contributed by atoms with Gasteiger partial charge in [0.1, 0.15) is 23.1 Å². The van der Waals surface area contributed by atoms with Crippen molar-refractivity contribution in [3.63, 3.8) is 0 Å². The fourth-order valence-corrected chi connectivity index (χ4v) is 4.38. The third-order valence-electron chi connectivity index (χ3n) is 6.27. The zero-order valence-electron chi connectivity index (χ0n) is 17.7. The lowest BCUT2D eigenvalue weighted by Crippen LogP contribution is -2.54. The van der Waals surface area contributed by atoms with Gasteiger partial charge in [0.15, 0.2) is 5.65 Å². The van der Waals surface area contributed by atoms with Crippen molar-refractivity contribution in [2.75, 3.05) is 26.3 Å². The second-order valence-electron chi connectivity index (χ2n) is 8.40. The zero-order chi connectivity index (χ0) is 21.5. The Balaban J connectivity index is 1.30. The van der Waals surface area contributed by atoms with Gasteiger partial charge in [-0.3, -0.25) is 9.69 Å². The van der Waals surface area contributed by atoms with Gasteiger partial charge >= 0.3 is 0 Å². The first kappa shape index (κ1) is 20.5. The maximum Gasteiger partial charge on any atom is 0.262 e. The molecule has 0 amide bonds. The highest BCUT2D eigenvalue weighted by Gasteiger charge is 2.34. The van der Waals surface area contributed by atoms with Crippen molar-refractivity contribution >= 4 is 22.6 Å². The Morgan fingerprint density at radius 1 is 1.29 bits per heavy atom. The number of rotatable bonds is 5. The molecule has 9 heteroatoms. The summed E-state index contributed by atoms with van der Waals surface area (Å²) in [6.07, 6.45) is 3.48. The van der Waals surface area contributed by atoms with Crippen LogP contribution in [0.4, 0.5) is 0 Å². The molecule has 0 spiro atoms. The molecule has 2 aromatic heterocycles. The number of hydrogen-bond acceptors (Lipinski definition) is 6. The number of likely N-dealkylation sites (tertiary alicyclic amines) is 1. The molecule has 164 valence electrons. The molecule has 1 unspecified atom stereocenters. The monoisotopic (exact) mass is 443 g/mol. The van der Waals surface area contributed by atoms with Crippen LogP contribution in [0.15, 0.2) is 29.2 Å².